The standard InChI is InChI=1S/C30H35FN8O3/c1-35-27(40)26(18-20-6-9-21-4-2-3-5-22(21)16-20)39-15-14-38(25(29(39)42)12-13-36-37-30(33)34)28(41)24(32)17-19-7-10-23(31)11-8-19/h2-11,13,16,24-26H,12,14-15,17-18,32H2,1H3,(H,35,40)(H4,33,34,37)/b36-13+/t24-,25+,26+/m1/s1. The molecule has 0 aromatic heterocycles. The first-order chi connectivity index (χ1) is 20.2. The summed E-state index contributed by atoms with van der Waals surface area (Å²) in [5, 5.41) is 12.1. The number of likely N-dealkylation sites (N-methyl/N-ethyl adjacent to an activating group) is 1. The maximum Gasteiger partial charge on any atom is 0.246 e. The molecule has 0 radical (unpaired) electrons. The van der Waals surface area contributed by atoms with E-state index in [0.29, 0.717) is 5.56 Å². The number of guanidine groups is 1. The first kappa shape index (κ1) is 30.1. The molecule has 220 valence electrons. The van der Waals surface area contributed by atoms with Gasteiger partial charge in [0.1, 0.15) is 17.9 Å². The first-order valence-corrected chi connectivity index (χ1v) is 13.6. The minimum Gasteiger partial charge on any atom is -0.369 e. The largest absolute Gasteiger partial charge is 0.369 e. The van der Waals surface area contributed by atoms with E-state index >= 15 is 0 Å². The second-order valence-electron chi connectivity index (χ2n) is 10.1. The molecule has 3 amide bonds. The third kappa shape index (κ3) is 7.26. The zero-order valence-corrected chi connectivity index (χ0v) is 23.3. The van der Waals surface area contributed by atoms with Gasteiger partial charge in [-0.25, -0.2) is 4.39 Å². The van der Waals surface area contributed by atoms with Gasteiger partial charge in [0, 0.05) is 39.2 Å². The van der Waals surface area contributed by atoms with E-state index < -0.39 is 35.8 Å². The van der Waals surface area contributed by atoms with E-state index in [9.17, 15) is 18.8 Å². The van der Waals surface area contributed by atoms with Crippen molar-refractivity contribution in [2.24, 2.45) is 27.4 Å². The van der Waals surface area contributed by atoms with E-state index in [1.165, 1.54) is 35.2 Å². The van der Waals surface area contributed by atoms with Crippen molar-refractivity contribution in [3.63, 3.8) is 0 Å². The van der Waals surface area contributed by atoms with Crippen molar-refractivity contribution in [3.8, 4) is 0 Å². The van der Waals surface area contributed by atoms with Crippen LogP contribution in [0, 0.1) is 5.82 Å². The van der Waals surface area contributed by atoms with Gasteiger partial charge in [-0.2, -0.15) is 5.10 Å². The topological polar surface area (TPSA) is 172 Å². The van der Waals surface area contributed by atoms with Gasteiger partial charge >= 0.3 is 0 Å². The number of amides is 3. The molecule has 11 nitrogen and oxygen atoms in total. The van der Waals surface area contributed by atoms with Crippen LogP contribution in [0.25, 0.3) is 10.8 Å². The number of piperazine rings is 1. The molecule has 0 unspecified atom stereocenters. The van der Waals surface area contributed by atoms with E-state index in [4.69, 9.17) is 17.2 Å². The number of rotatable bonds is 10. The molecule has 1 fully saturated rings. The number of hydrogen-bond acceptors (Lipinski definition) is 6. The molecule has 1 aliphatic heterocycles. The van der Waals surface area contributed by atoms with E-state index in [1.807, 2.05) is 42.5 Å². The fraction of sp³-hybridized carbons (Fsp3) is 0.300. The highest BCUT2D eigenvalue weighted by Gasteiger charge is 2.42. The van der Waals surface area contributed by atoms with Crippen molar-refractivity contribution in [1.82, 2.24) is 15.1 Å². The molecule has 3 atom stereocenters. The number of halogens is 1. The predicted octanol–water partition coefficient (Wildman–Crippen LogP) is 0.895. The fourth-order valence-corrected chi connectivity index (χ4v) is 5.14. The lowest BCUT2D eigenvalue weighted by Crippen LogP contribution is -2.65. The number of hydrogen-bond donors (Lipinski definition) is 4. The highest BCUT2D eigenvalue weighted by molar-refractivity contribution is 5.95. The van der Waals surface area contributed by atoms with Crippen LogP contribution in [0.2, 0.25) is 0 Å². The van der Waals surface area contributed by atoms with Crippen LogP contribution in [0.4, 0.5) is 4.39 Å². The quantitative estimate of drug-likeness (QED) is 0.159. The Morgan fingerprint density at radius 1 is 1.02 bits per heavy atom. The Balaban J connectivity index is 1.58. The van der Waals surface area contributed by atoms with Crippen molar-refractivity contribution in [1.29, 1.82) is 0 Å². The molecule has 42 heavy (non-hydrogen) atoms. The van der Waals surface area contributed by atoms with Crippen molar-refractivity contribution in [2.75, 3.05) is 20.1 Å². The van der Waals surface area contributed by atoms with Crippen LogP contribution in [0.15, 0.2) is 76.9 Å². The summed E-state index contributed by atoms with van der Waals surface area (Å²) < 4.78 is 13.3. The summed E-state index contributed by atoms with van der Waals surface area (Å²) in [6.45, 7) is 0.273. The molecule has 0 bridgehead atoms. The van der Waals surface area contributed by atoms with Gasteiger partial charge in [0.25, 0.3) is 0 Å². The lowest BCUT2D eigenvalue weighted by Gasteiger charge is -2.43. The Bertz CT molecular complexity index is 1490. The number of fused-ring (bicyclic) bond motifs is 1. The molecule has 12 heteroatoms. The second kappa shape index (κ2) is 13.7. The highest BCUT2D eigenvalue weighted by atomic mass is 19.1. The molecule has 3 aromatic rings. The zero-order valence-electron chi connectivity index (χ0n) is 23.3. The summed E-state index contributed by atoms with van der Waals surface area (Å²) in [5.41, 5.74) is 18.5. The monoisotopic (exact) mass is 574 g/mol. The smallest absolute Gasteiger partial charge is 0.246 e. The van der Waals surface area contributed by atoms with Crippen LogP contribution >= 0.6 is 0 Å². The van der Waals surface area contributed by atoms with Gasteiger partial charge < -0.3 is 32.3 Å². The summed E-state index contributed by atoms with van der Waals surface area (Å²) in [4.78, 5) is 43.5. The van der Waals surface area contributed by atoms with Crippen molar-refractivity contribution in [2.45, 2.75) is 37.4 Å². The molecule has 7 N–H and O–H groups in total. The van der Waals surface area contributed by atoms with Crippen LogP contribution in [0.3, 0.4) is 0 Å². The van der Waals surface area contributed by atoms with Crippen molar-refractivity contribution in [3.05, 3.63) is 83.7 Å². The third-order valence-electron chi connectivity index (χ3n) is 7.25. The minimum absolute atomic E-state index is 0.00242. The average molecular weight is 575 g/mol. The maximum absolute atomic E-state index is 14.0. The highest BCUT2D eigenvalue weighted by Crippen LogP contribution is 2.23. The molecule has 0 aliphatic carbocycles. The molecule has 1 saturated heterocycles. The number of benzene rings is 3. The summed E-state index contributed by atoms with van der Waals surface area (Å²) in [5.74, 6) is -1.84. The molecular formula is C30H35FN8O3. The Morgan fingerprint density at radius 3 is 2.40 bits per heavy atom. The predicted molar refractivity (Wildman–Crippen MR) is 160 cm³/mol. The Morgan fingerprint density at radius 2 is 1.71 bits per heavy atom. The minimum atomic E-state index is -0.993. The molecule has 3 aromatic carbocycles. The fourth-order valence-electron chi connectivity index (χ4n) is 5.14. The van der Waals surface area contributed by atoms with Crippen molar-refractivity contribution < 1.29 is 18.8 Å². The molecule has 1 heterocycles. The molecule has 4 rings (SSSR count). The van der Waals surface area contributed by atoms with Gasteiger partial charge in [0.05, 0.1) is 6.04 Å². The Labute approximate surface area is 243 Å². The molecule has 0 saturated carbocycles. The van der Waals surface area contributed by atoms with Crippen LogP contribution in [-0.2, 0) is 27.2 Å². The SMILES string of the molecule is CNC(=O)[C@H](Cc1ccc2ccccc2c1)N1CCN(C(=O)[C@H](N)Cc2ccc(F)cc2)[C@@H](C/C=N/N=C(N)N)C1=O. The molecular weight excluding hydrogens is 539 g/mol. The van der Waals surface area contributed by atoms with Crippen LogP contribution in [0.1, 0.15) is 17.5 Å². The summed E-state index contributed by atoms with van der Waals surface area (Å²) in [7, 11) is 1.52. The number of carbonyl (C=O) groups is 3. The van der Waals surface area contributed by atoms with Crippen LogP contribution in [-0.4, -0.2) is 78.0 Å². The Hall–Kier alpha value is -4.84. The van der Waals surface area contributed by atoms with E-state index in [-0.39, 0.29) is 44.2 Å². The summed E-state index contributed by atoms with van der Waals surface area (Å²) in [6.07, 6.45) is 1.78. The van der Waals surface area contributed by atoms with Gasteiger partial charge in [-0.1, -0.05) is 54.6 Å². The average Bonchev–Trinajstić information content (AvgIpc) is 2.99. The van der Waals surface area contributed by atoms with Gasteiger partial charge in [0.15, 0.2) is 0 Å². The zero-order chi connectivity index (χ0) is 30.2. The van der Waals surface area contributed by atoms with E-state index in [2.05, 4.69) is 15.5 Å². The first-order valence-electron chi connectivity index (χ1n) is 13.6. The summed E-state index contributed by atoms with van der Waals surface area (Å²) >= 11 is 0. The number of nitrogens with zero attached hydrogens (tertiary/aromatic N) is 4. The Kier molecular flexibility index (Phi) is 9.81. The number of carbonyl (C=O) groups excluding carboxylic acids is 3. The maximum atomic E-state index is 14.0. The summed E-state index contributed by atoms with van der Waals surface area (Å²) in [6, 6.07) is 16.8. The third-order valence-corrected chi connectivity index (χ3v) is 7.25. The van der Waals surface area contributed by atoms with Gasteiger partial charge in [-0.05, 0) is 40.5 Å². The van der Waals surface area contributed by atoms with Gasteiger partial charge in [-0.3, -0.25) is 14.4 Å². The van der Waals surface area contributed by atoms with Crippen LogP contribution < -0.4 is 22.5 Å². The lowest BCUT2D eigenvalue weighted by atomic mass is 9.97. The lowest BCUT2D eigenvalue weighted by molar-refractivity contribution is -0.156. The normalized spacial score (nSPS) is 16.8. The van der Waals surface area contributed by atoms with Gasteiger partial charge in [0.2, 0.25) is 23.7 Å². The number of nitrogens with two attached hydrogens (primary N) is 3. The number of nitrogens with one attached hydrogen (secondary N) is 1. The second-order valence-corrected chi connectivity index (χ2v) is 10.1. The van der Waals surface area contributed by atoms with Crippen molar-refractivity contribution >= 4 is 40.7 Å². The van der Waals surface area contributed by atoms with E-state index in [0.717, 1.165) is 16.3 Å². The molecule has 1 aliphatic rings. The van der Waals surface area contributed by atoms with Crippen LogP contribution in [0.5, 0.6) is 0 Å². The molecule has 0 spiro atoms. The van der Waals surface area contributed by atoms with E-state index in [1.54, 1.807) is 12.1 Å². The van der Waals surface area contributed by atoms with Gasteiger partial charge in [-0.15, -0.1) is 5.10 Å².